The number of rotatable bonds is 3. The van der Waals surface area contributed by atoms with Crippen LogP contribution in [0.2, 0.25) is 0 Å². The zero-order chi connectivity index (χ0) is 16.3. The van der Waals surface area contributed by atoms with Gasteiger partial charge in [-0.1, -0.05) is 0 Å². The molecule has 0 unspecified atom stereocenters. The van der Waals surface area contributed by atoms with E-state index in [0.717, 1.165) is 0 Å². The Hall–Kier alpha value is -2.24. The summed E-state index contributed by atoms with van der Waals surface area (Å²) in [5.74, 6) is -0.295. The van der Waals surface area contributed by atoms with E-state index in [0.29, 0.717) is 0 Å². The summed E-state index contributed by atoms with van der Waals surface area (Å²) in [6.45, 7) is 8.22. The first-order valence-electron chi connectivity index (χ1n) is 6.52. The Balaban J connectivity index is 2.66. The van der Waals surface area contributed by atoms with Crippen molar-refractivity contribution in [2.45, 2.75) is 45.8 Å². The Morgan fingerprint density at radius 1 is 1.05 bits per heavy atom. The molecule has 0 aromatic heterocycles. The number of alkyl carbamates (subject to hydrolysis) is 1. The monoisotopic (exact) mass is 295 g/mol. The molecular weight excluding hydrogens is 274 g/mol. The second-order valence-electron chi connectivity index (χ2n) is 6.14. The lowest BCUT2D eigenvalue weighted by molar-refractivity contribution is -0.140. The van der Waals surface area contributed by atoms with Gasteiger partial charge in [-0.2, -0.15) is 0 Å². The maximum absolute atomic E-state index is 12.1. The molecule has 6 heteroatoms. The van der Waals surface area contributed by atoms with Gasteiger partial charge in [-0.25, -0.2) is 9.59 Å². The van der Waals surface area contributed by atoms with Crippen molar-refractivity contribution in [3.63, 3.8) is 0 Å². The van der Waals surface area contributed by atoms with Crippen LogP contribution in [-0.2, 0) is 9.53 Å². The fourth-order valence-electron chi connectivity index (χ4n) is 1.36. The maximum Gasteiger partial charge on any atom is 0.408 e. The van der Waals surface area contributed by atoms with Gasteiger partial charge in [-0.15, -0.1) is 0 Å². The van der Waals surface area contributed by atoms with Gasteiger partial charge in [0.25, 0.3) is 0 Å². The third kappa shape index (κ3) is 5.72. The molecule has 116 valence electrons. The van der Waals surface area contributed by atoms with E-state index in [-0.39, 0.29) is 11.5 Å². The minimum absolute atomic E-state index is 0.0703. The normalized spacial score (nSPS) is 11.7. The second kappa shape index (κ2) is 6.03. The number of carbonyl (C=O) groups is 2. The van der Waals surface area contributed by atoms with Gasteiger partial charge in [0.05, 0.1) is 0 Å². The highest BCUT2D eigenvalue weighted by molar-refractivity contribution is 5.86. The average molecular weight is 295 g/mol. The van der Waals surface area contributed by atoms with E-state index in [4.69, 9.17) is 14.6 Å². The molecule has 1 aromatic rings. The molecule has 1 amide bonds. The first-order valence-corrected chi connectivity index (χ1v) is 6.52. The minimum Gasteiger partial charge on any atom is -0.508 e. The van der Waals surface area contributed by atoms with Gasteiger partial charge in [-0.05, 0) is 58.9 Å². The summed E-state index contributed by atoms with van der Waals surface area (Å²) in [5, 5.41) is 11.6. The summed E-state index contributed by atoms with van der Waals surface area (Å²) >= 11 is 0. The number of hydrogen-bond acceptors (Lipinski definition) is 5. The molecule has 0 radical (unpaired) electrons. The van der Waals surface area contributed by atoms with Crippen molar-refractivity contribution < 1.29 is 24.2 Å². The molecule has 0 aliphatic rings. The molecular formula is C15H21NO5. The molecule has 0 fully saturated rings. The van der Waals surface area contributed by atoms with Gasteiger partial charge in [-0.3, -0.25) is 0 Å². The van der Waals surface area contributed by atoms with Crippen LogP contribution in [0.5, 0.6) is 11.5 Å². The molecule has 6 nitrogen and oxygen atoms in total. The molecule has 0 aliphatic carbocycles. The van der Waals surface area contributed by atoms with Crippen LogP contribution in [0, 0.1) is 0 Å². The summed E-state index contributed by atoms with van der Waals surface area (Å²) in [6, 6.07) is 5.71. The average Bonchev–Trinajstić information content (AvgIpc) is 2.28. The second-order valence-corrected chi connectivity index (χ2v) is 6.14. The first kappa shape index (κ1) is 16.8. The summed E-state index contributed by atoms with van der Waals surface area (Å²) in [7, 11) is 0. The zero-order valence-corrected chi connectivity index (χ0v) is 12.9. The molecule has 0 saturated heterocycles. The van der Waals surface area contributed by atoms with Gasteiger partial charge >= 0.3 is 12.1 Å². The number of aromatic hydroxyl groups is 1. The molecule has 0 heterocycles. The maximum atomic E-state index is 12.1. The largest absolute Gasteiger partial charge is 0.508 e. The lowest BCUT2D eigenvalue weighted by Crippen LogP contribution is -2.52. The summed E-state index contributed by atoms with van der Waals surface area (Å²) in [6.07, 6.45) is -0.699. The molecule has 1 rings (SSSR count). The summed E-state index contributed by atoms with van der Waals surface area (Å²) in [4.78, 5) is 23.8. The molecule has 2 N–H and O–H groups in total. The van der Waals surface area contributed by atoms with Gasteiger partial charge in [0.2, 0.25) is 0 Å². The van der Waals surface area contributed by atoms with Crippen LogP contribution in [0.3, 0.4) is 0 Å². The Morgan fingerprint density at radius 2 is 1.57 bits per heavy atom. The highest BCUT2D eigenvalue weighted by atomic mass is 16.6. The predicted molar refractivity (Wildman–Crippen MR) is 77.2 cm³/mol. The molecule has 0 spiro atoms. The van der Waals surface area contributed by atoms with E-state index in [2.05, 4.69) is 5.32 Å². The van der Waals surface area contributed by atoms with Crippen LogP contribution in [0.1, 0.15) is 34.6 Å². The van der Waals surface area contributed by atoms with E-state index in [9.17, 15) is 9.59 Å². The van der Waals surface area contributed by atoms with E-state index in [1.165, 1.54) is 38.1 Å². The highest BCUT2D eigenvalue weighted by Crippen LogP contribution is 2.18. The molecule has 0 atom stereocenters. The van der Waals surface area contributed by atoms with Crippen molar-refractivity contribution in [1.82, 2.24) is 5.32 Å². The van der Waals surface area contributed by atoms with Gasteiger partial charge in [0, 0.05) is 0 Å². The number of ether oxygens (including phenoxy) is 2. The van der Waals surface area contributed by atoms with Crippen LogP contribution in [0.25, 0.3) is 0 Å². The van der Waals surface area contributed by atoms with Gasteiger partial charge in [0.1, 0.15) is 22.6 Å². The molecule has 21 heavy (non-hydrogen) atoms. The standard InChI is InChI=1S/C15H21NO5/c1-14(2,3)21-13(19)16-15(4,5)12(18)20-11-8-6-10(17)7-9-11/h6-9,17H,1-5H3,(H,16,19). The Bertz CT molecular complexity index is 514. The fourth-order valence-corrected chi connectivity index (χ4v) is 1.36. The Labute approximate surface area is 124 Å². The number of phenolic OH excluding ortho intramolecular Hbond substituents is 1. The van der Waals surface area contributed by atoms with Crippen LogP contribution < -0.4 is 10.1 Å². The number of amides is 1. The van der Waals surface area contributed by atoms with Gasteiger partial charge < -0.3 is 19.9 Å². The fraction of sp³-hybridized carbons (Fsp3) is 0.467. The SMILES string of the molecule is CC(C)(C)OC(=O)NC(C)(C)C(=O)Oc1ccc(O)cc1. The van der Waals surface area contributed by atoms with Gasteiger partial charge in [0.15, 0.2) is 0 Å². The smallest absolute Gasteiger partial charge is 0.408 e. The number of nitrogens with one attached hydrogen (secondary N) is 1. The first-order chi connectivity index (χ1) is 9.49. The number of esters is 1. The molecule has 1 aromatic carbocycles. The summed E-state index contributed by atoms with van der Waals surface area (Å²) in [5.41, 5.74) is -1.90. The van der Waals surface area contributed by atoms with E-state index in [1.807, 2.05) is 0 Å². The van der Waals surface area contributed by atoms with Crippen molar-refractivity contribution in [1.29, 1.82) is 0 Å². The lowest BCUT2D eigenvalue weighted by Gasteiger charge is -2.26. The third-order valence-electron chi connectivity index (χ3n) is 2.37. The van der Waals surface area contributed by atoms with Crippen molar-refractivity contribution in [3.05, 3.63) is 24.3 Å². The molecule has 0 bridgehead atoms. The van der Waals surface area contributed by atoms with Crippen LogP contribution >= 0.6 is 0 Å². The quantitative estimate of drug-likeness (QED) is 0.661. The highest BCUT2D eigenvalue weighted by Gasteiger charge is 2.33. The molecule has 0 aliphatic heterocycles. The lowest BCUT2D eigenvalue weighted by atomic mass is 10.1. The number of phenols is 1. The Kier molecular flexibility index (Phi) is 4.83. The summed E-state index contributed by atoms with van der Waals surface area (Å²) < 4.78 is 10.2. The van der Waals surface area contributed by atoms with Crippen molar-refractivity contribution in [2.75, 3.05) is 0 Å². The van der Waals surface area contributed by atoms with E-state index in [1.54, 1.807) is 20.8 Å². The van der Waals surface area contributed by atoms with Crippen LogP contribution in [0.15, 0.2) is 24.3 Å². The van der Waals surface area contributed by atoms with Crippen molar-refractivity contribution >= 4 is 12.1 Å². The van der Waals surface area contributed by atoms with E-state index >= 15 is 0 Å². The third-order valence-corrected chi connectivity index (χ3v) is 2.37. The van der Waals surface area contributed by atoms with Crippen LogP contribution in [0.4, 0.5) is 4.79 Å². The van der Waals surface area contributed by atoms with Crippen LogP contribution in [-0.4, -0.2) is 28.3 Å². The predicted octanol–water partition coefficient (Wildman–Crippen LogP) is 2.60. The minimum atomic E-state index is -1.25. The van der Waals surface area contributed by atoms with Crippen molar-refractivity contribution in [3.8, 4) is 11.5 Å². The number of benzene rings is 1. The van der Waals surface area contributed by atoms with E-state index < -0.39 is 23.2 Å². The Morgan fingerprint density at radius 3 is 2.05 bits per heavy atom. The number of carbonyl (C=O) groups excluding carboxylic acids is 2. The topological polar surface area (TPSA) is 84.9 Å². The van der Waals surface area contributed by atoms with Crippen molar-refractivity contribution in [2.24, 2.45) is 0 Å². The number of hydrogen-bond donors (Lipinski definition) is 2. The molecule has 0 saturated carbocycles. The zero-order valence-electron chi connectivity index (χ0n) is 12.9.